The molecule has 0 bridgehead atoms. The molecule has 2 atom stereocenters. The van der Waals surface area contributed by atoms with Gasteiger partial charge >= 0.3 is 11.9 Å². The molecule has 1 saturated heterocycles. The van der Waals surface area contributed by atoms with E-state index in [1.807, 2.05) is 6.42 Å². The van der Waals surface area contributed by atoms with Crippen LogP contribution in [0.2, 0.25) is 0 Å². The maximum atomic E-state index is 10.9. The smallest absolute Gasteiger partial charge is 0.321 e. The molecular formula is C8H7O3. The minimum atomic E-state index is -0.399. The molecule has 1 heterocycles. The van der Waals surface area contributed by atoms with Crippen molar-refractivity contribution in [2.75, 3.05) is 0 Å². The molecule has 1 radical (unpaired) electrons. The SMILES string of the molecule is O=C1OC(=O)C2C[CH]C=CC12. The maximum absolute atomic E-state index is 10.9. The van der Waals surface area contributed by atoms with Crippen LogP contribution in [0.1, 0.15) is 6.42 Å². The second-order valence-electron chi connectivity index (χ2n) is 2.73. The van der Waals surface area contributed by atoms with Gasteiger partial charge in [-0.15, -0.1) is 0 Å². The first-order valence-corrected chi connectivity index (χ1v) is 3.54. The third-order valence-electron chi connectivity index (χ3n) is 2.05. The summed E-state index contributed by atoms with van der Waals surface area (Å²) in [4.78, 5) is 21.8. The minimum absolute atomic E-state index is 0.243. The number of rotatable bonds is 0. The number of esters is 2. The van der Waals surface area contributed by atoms with Crippen LogP contribution in [0.5, 0.6) is 0 Å². The van der Waals surface area contributed by atoms with Crippen molar-refractivity contribution >= 4 is 11.9 Å². The molecule has 2 rings (SSSR count). The average Bonchev–Trinajstić information content (AvgIpc) is 2.30. The zero-order valence-electron chi connectivity index (χ0n) is 5.82. The summed E-state index contributed by atoms with van der Waals surface area (Å²) in [6.07, 6.45) is 6.04. The van der Waals surface area contributed by atoms with Crippen molar-refractivity contribution in [3.05, 3.63) is 18.6 Å². The van der Waals surface area contributed by atoms with Gasteiger partial charge in [0.1, 0.15) is 0 Å². The number of carbonyl (C=O) groups is 2. The van der Waals surface area contributed by atoms with Gasteiger partial charge in [0.25, 0.3) is 0 Å². The van der Waals surface area contributed by atoms with Crippen molar-refractivity contribution in [2.24, 2.45) is 11.8 Å². The Morgan fingerprint density at radius 3 is 2.91 bits per heavy atom. The van der Waals surface area contributed by atoms with E-state index in [2.05, 4.69) is 4.74 Å². The van der Waals surface area contributed by atoms with E-state index in [4.69, 9.17) is 0 Å². The van der Waals surface area contributed by atoms with Gasteiger partial charge in [-0.25, -0.2) is 0 Å². The maximum Gasteiger partial charge on any atom is 0.321 e. The molecule has 2 aliphatic rings. The highest BCUT2D eigenvalue weighted by atomic mass is 16.6. The lowest BCUT2D eigenvalue weighted by Crippen LogP contribution is -2.18. The molecule has 0 aromatic heterocycles. The molecule has 3 heteroatoms. The summed E-state index contributed by atoms with van der Waals surface area (Å²) in [6.45, 7) is 0. The Labute approximate surface area is 64.0 Å². The molecule has 0 spiro atoms. The van der Waals surface area contributed by atoms with Crippen molar-refractivity contribution in [1.29, 1.82) is 0 Å². The van der Waals surface area contributed by atoms with E-state index < -0.39 is 5.97 Å². The summed E-state index contributed by atoms with van der Waals surface area (Å²) < 4.78 is 4.46. The minimum Gasteiger partial charge on any atom is -0.392 e. The van der Waals surface area contributed by atoms with Crippen LogP contribution >= 0.6 is 0 Å². The van der Waals surface area contributed by atoms with Crippen molar-refractivity contribution in [3.8, 4) is 0 Å². The van der Waals surface area contributed by atoms with Crippen LogP contribution in [0.15, 0.2) is 12.2 Å². The summed E-state index contributed by atoms with van der Waals surface area (Å²) in [7, 11) is 0. The van der Waals surface area contributed by atoms with Gasteiger partial charge in [-0.05, 0) is 12.8 Å². The number of fused-ring (bicyclic) bond motifs is 1. The number of carbonyl (C=O) groups excluding carboxylic acids is 2. The van der Waals surface area contributed by atoms with Gasteiger partial charge < -0.3 is 4.74 Å². The lowest BCUT2D eigenvalue weighted by Gasteiger charge is -2.11. The van der Waals surface area contributed by atoms with Crippen LogP contribution < -0.4 is 0 Å². The normalized spacial score (nSPS) is 35.3. The van der Waals surface area contributed by atoms with Crippen LogP contribution in [0.3, 0.4) is 0 Å². The van der Waals surface area contributed by atoms with Gasteiger partial charge in [0.15, 0.2) is 0 Å². The Morgan fingerprint density at radius 1 is 1.36 bits per heavy atom. The zero-order chi connectivity index (χ0) is 7.84. The summed E-state index contributed by atoms with van der Waals surface area (Å²) in [6, 6.07) is 0. The Balaban J connectivity index is 2.30. The lowest BCUT2D eigenvalue weighted by molar-refractivity contribution is -0.153. The molecule has 0 N–H and O–H groups in total. The third kappa shape index (κ3) is 0.878. The highest BCUT2D eigenvalue weighted by Gasteiger charge is 2.43. The largest absolute Gasteiger partial charge is 0.392 e. The van der Waals surface area contributed by atoms with E-state index in [0.29, 0.717) is 6.42 Å². The second-order valence-corrected chi connectivity index (χ2v) is 2.73. The van der Waals surface area contributed by atoms with Crippen LogP contribution in [-0.4, -0.2) is 11.9 Å². The number of cyclic esters (lactones) is 2. The molecule has 0 aromatic rings. The number of hydrogen-bond donors (Lipinski definition) is 0. The summed E-state index contributed by atoms with van der Waals surface area (Å²) >= 11 is 0. The molecular weight excluding hydrogens is 144 g/mol. The molecule has 0 amide bonds. The van der Waals surface area contributed by atoms with E-state index in [0.717, 1.165) is 0 Å². The molecule has 0 saturated carbocycles. The summed E-state index contributed by atoms with van der Waals surface area (Å²) in [5.74, 6) is -1.33. The standard InChI is InChI=1S/C8H7O3/c9-7-5-3-1-2-4-6(5)8(10)11-7/h1-3,5-6H,4H2. The van der Waals surface area contributed by atoms with Crippen molar-refractivity contribution in [1.82, 2.24) is 0 Å². The van der Waals surface area contributed by atoms with Crippen LogP contribution in [0.4, 0.5) is 0 Å². The summed E-state index contributed by atoms with van der Waals surface area (Å²) in [5, 5.41) is 0. The predicted octanol–water partition coefficient (Wildman–Crippen LogP) is 0.466. The van der Waals surface area contributed by atoms with Gasteiger partial charge in [0.2, 0.25) is 0 Å². The Kier molecular flexibility index (Phi) is 1.31. The van der Waals surface area contributed by atoms with Crippen LogP contribution in [0, 0.1) is 18.3 Å². The van der Waals surface area contributed by atoms with Crippen molar-refractivity contribution in [3.63, 3.8) is 0 Å². The number of allylic oxidation sites excluding steroid dienone is 1. The van der Waals surface area contributed by atoms with Gasteiger partial charge in [-0.2, -0.15) is 0 Å². The first kappa shape index (κ1) is 6.58. The van der Waals surface area contributed by atoms with Gasteiger partial charge in [0, 0.05) is 0 Å². The Bertz CT molecular complexity index is 242. The van der Waals surface area contributed by atoms with E-state index in [1.165, 1.54) is 0 Å². The molecule has 1 fully saturated rings. The van der Waals surface area contributed by atoms with Crippen LogP contribution in [-0.2, 0) is 14.3 Å². The third-order valence-corrected chi connectivity index (χ3v) is 2.05. The Hall–Kier alpha value is -1.12. The number of hydrogen-bond acceptors (Lipinski definition) is 3. The zero-order valence-corrected chi connectivity index (χ0v) is 5.82. The molecule has 1 aliphatic heterocycles. The topological polar surface area (TPSA) is 43.4 Å². The van der Waals surface area contributed by atoms with Gasteiger partial charge in [-0.3, -0.25) is 9.59 Å². The molecule has 57 valence electrons. The van der Waals surface area contributed by atoms with E-state index >= 15 is 0 Å². The summed E-state index contributed by atoms with van der Waals surface area (Å²) in [5.41, 5.74) is 0. The molecule has 1 aliphatic carbocycles. The van der Waals surface area contributed by atoms with E-state index in [1.54, 1.807) is 12.2 Å². The quantitative estimate of drug-likeness (QED) is 0.373. The number of ether oxygens (including phenoxy) is 1. The Morgan fingerprint density at radius 2 is 2.18 bits per heavy atom. The van der Waals surface area contributed by atoms with Gasteiger partial charge in [-0.1, -0.05) is 12.2 Å². The highest BCUT2D eigenvalue weighted by molar-refractivity contribution is 5.97. The van der Waals surface area contributed by atoms with E-state index in [9.17, 15) is 9.59 Å². The highest BCUT2D eigenvalue weighted by Crippen LogP contribution is 2.31. The fourth-order valence-electron chi connectivity index (χ4n) is 1.43. The monoisotopic (exact) mass is 151 g/mol. The van der Waals surface area contributed by atoms with E-state index in [-0.39, 0.29) is 17.8 Å². The van der Waals surface area contributed by atoms with Gasteiger partial charge in [0.05, 0.1) is 11.8 Å². The molecule has 0 aromatic carbocycles. The predicted molar refractivity (Wildman–Crippen MR) is 36.1 cm³/mol. The lowest BCUT2D eigenvalue weighted by atomic mass is 9.86. The average molecular weight is 151 g/mol. The molecule has 2 unspecified atom stereocenters. The first-order chi connectivity index (χ1) is 5.29. The van der Waals surface area contributed by atoms with Crippen molar-refractivity contribution in [2.45, 2.75) is 6.42 Å². The molecule has 3 nitrogen and oxygen atoms in total. The fourth-order valence-corrected chi connectivity index (χ4v) is 1.43. The first-order valence-electron chi connectivity index (χ1n) is 3.54. The second kappa shape index (κ2) is 2.19. The fraction of sp³-hybridized carbons (Fsp3) is 0.375. The molecule has 11 heavy (non-hydrogen) atoms. The van der Waals surface area contributed by atoms with Crippen LogP contribution in [0.25, 0.3) is 0 Å². The van der Waals surface area contributed by atoms with Crippen molar-refractivity contribution < 1.29 is 14.3 Å².